The third kappa shape index (κ3) is 37.9. The van der Waals surface area contributed by atoms with Gasteiger partial charge in [0.15, 0.2) is 55.5 Å². The fraction of sp³-hybridized carbons (Fsp3) is 0.681. The number of amides is 8. The molecule has 17 unspecified atom stereocenters. The molecule has 650 valence electrons. The number of esters is 9. The highest BCUT2D eigenvalue weighted by Gasteiger charge is 2.54. The quantitative estimate of drug-likeness (QED) is 0.0180. The molecule has 3 heterocycles. The van der Waals surface area contributed by atoms with Gasteiger partial charge in [-0.3, -0.25) is 76.7 Å². The van der Waals surface area contributed by atoms with Gasteiger partial charge in [0.25, 0.3) is 0 Å². The number of carbonyl (C=O) groups is 17. The van der Waals surface area contributed by atoms with Crippen molar-refractivity contribution in [2.75, 3.05) is 98.9 Å². The molecule has 44 heteroatoms. The van der Waals surface area contributed by atoms with E-state index in [4.69, 9.17) is 90.0 Å². The zero-order chi connectivity index (χ0) is 86.0. The minimum Gasteiger partial charge on any atom is -0.463 e. The first-order valence-corrected chi connectivity index (χ1v) is 36.9. The summed E-state index contributed by atoms with van der Waals surface area (Å²) in [6.45, 7) is 9.30. The van der Waals surface area contributed by atoms with E-state index in [1.807, 2.05) is 0 Å². The van der Waals surface area contributed by atoms with Gasteiger partial charge >= 0.3 is 59.8 Å². The highest BCUT2D eigenvalue weighted by molar-refractivity contribution is 5.90. The molecule has 0 saturated carbocycles. The lowest BCUT2D eigenvalue weighted by Crippen LogP contribution is -2.66. The Hall–Kier alpha value is -10.3. The normalized spacial score (nSPS) is 23.2. The predicted molar refractivity (Wildman–Crippen MR) is 385 cm³/mol. The highest BCUT2D eigenvalue weighted by atomic mass is 16.7. The molecule has 0 radical (unpaired) electrons. The summed E-state index contributed by atoms with van der Waals surface area (Å²) in [6.07, 6.45) is -19.0. The van der Waals surface area contributed by atoms with Crippen LogP contribution in [0.1, 0.15) is 114 Å². The standard InChI is InChI=1S/C72H106N8O36/c1-38(81)76-58-64(111-47(10)90)61(108-44(7)87)53(35-104-41(4)84)114-69(58)101-31-28-98-25-22-73-56(93)20-18-51(67(95)74-23-26-99-29-32-102-70-59(77-39(2)82)65(112-48(11)91)62(109-45(8)88)54(115-70)36-105-42(5)85)79-57(94)21-19-52(80-72(97)107-34-50-16-14-13-15-17-50)68(96)75-24-27-100-30-33-103-71-60(78-40(3)83)66(113-49(12)92)63(110-46(9)89)55(116-71)37-106-43(6)86/h13-17,51-55,58-66,69-71H,18-37H2,1-12H3,(H,73,93)(H,74,95)(H,75,96)(H,76,81)(H,77,82)(H,78,83)(H,79,94)(H,80,97). The number of carbonyl (C=O) groups excluding carboxylic acids is 17. The molecule has 1 aromatic rings. The highest BCUT2D eigenvalue weighted by Crippen LogP contribution is 2.31. The number of rotatable bonds is 48. The minimum absolute atomic E-state index is 0.107. The van der Waals surface area contributed by atoms with E-state index >= 15 is 0 Å². The van der Waals surface area contributed by atoms with E-state index in [9.17, 15) is 81.5 Å². The molecule has 3 aliphatic heterocycles. The smallest absolute Gasteiger partial charge is 0.408 e. The van der Waals surface area contributed by atoms with Crippen molar-refractivity contribution in [1.82, 2.24) is 42.5 Å². The fourth-order valence-electron chi connectivity index (χ4n) is 11.6. The van der Waals surface area contributed by atoms with Crippen LogP contribution in [-0.4, -0.2) is 304 Å². The molecule has 0 spiro atoms. The van der Waals surface area contributed by atoms with Gasteiger partial charge in [-0.25, -0.2) is 4.79 Å². The van der Waals surface area contributed by atoms with Gasteiger partial charge in [0.2, 0.25) is 41.4 Å². The molecule has 8 N–H and O–H groups in total. The van der Waals surface area contributed by atoms with Gasteiger partial charge in [0.1, 0.15) is 74.9 Å². The van der Waals surface area contributed by atoms with Crippen LogP contribution in [0.4, 0.5) is 4.79 Å². The van der Waals surface area contributed by atoms with E-state index in [1.165, 1.54) is 6.92 Å². The van der Waals surface area contributed by atoms with Crippen LogP contribution in [0.15, 0.2) is 30.3 Å². The molecule has 1 aromatic carbocycles. The van der Waals surface area contributed by atoms with Crippen molar-refractivity contribution in [2.45, 2.75) is 219 Å². The van der Waals surface area contributed by atoms with Crippen molar-refractivity contribution in [2.24, 2.45) is 0 Å². The molecule has 0 bridgehead atoms. The van der Waals surface area contributed by atoms with Gasteiger partial charge in [-0.2, -0.15) is 0 Å². The first kappa shape index (κ1) is 98.0. The fourth-order valence-corrected chi connectivity index (χ4v) is 11.6. The van der Waals surface area contributed by atoms with Crippen molar-refractivity contribution in [1.29, 1.82) is 0 Å². The van der Waals surface area contributed by atoms with E-state index in [2.05, 4.69) is 42.5 Å². The Morgan fingerprint density at radius 2 is 0.655 bits per heavy atom. The molecule has 0 aliphatic carbocycles. The molecule has 116 heavy (non-hydrogen) atoms. The van der Waals surface area contributed by atoms with Gasteiger partial charge in [-0.1, -0.05) is 30.3 Å². The molecule has 3 saturated heterocycles. The molecular formula is C72H106N8O36. The zero-order valence-corrected chi connectivity index (χ0v) is 66.5. The Labute approximate surface area is 667 Å². The average molecular weight is 1660 g/mol. The molecule has 0 aromatic heterocycles. The van der Waals surface area contributed by atoms with E-state index < -0.39 is 238 Å². The van der Waals surface area contributed by atoms with Gasteiger partial charge < -0.3 is 133 Å². The van der Waals surface area contributed by atoms with Crippen molar-refractivity contribution in [3.63, 3.8) is 0 Å². The van der Waals surface area contributed by atoms with Crippen molar-refractivity contribution >= 4 is 101 Å². The molecule has 8 amide bonds. The van der Waals surface area contributed by atoms with Gasteiger partial charge in [0, 0.05) is 116 Å². The summed E-state index contributed by atoms with van der Waals surface area (Å²) in [5.74, 6) is -12.0. The lowest BCUT2D eigenvalue weighted by molar-refractivity contribution is -0.279. The second-order valence-electron chi connectivity index (χ2n) is 26.0. The van der Waals surface area contributed by atoms with Crippen LogP contribution in [0.2, 0.25) is 0 Å². The maximum Gasteiger partial charge on any atom is 0.408 e. The van der Waals surface area contributed by atoms with Gasteiger partial charge in [-0.15, -0.1) is 0 Å². The van der Waals surface area contributed by atoms with E-state index in [-0.39, 0.29) is 98.5 Å². The number of hydrogen-bond acceptors (Lipinski definition) is 36. The molecule has 4 rings (SSSR count). The number of ether oxygens (including phenoxy) is 19. The Morgan fingerprint density at radius 1 is 0.345 bits per heavy atom. The molecular weight excluding hydrogens is 1550 g/mol. The minimum atomic E-state index is -1.47. The Kier molecular flexibility index (Phi) is 44.2. The van der Waals surface area contributed by atoms with Crippen LogP contribution >= 0.6 is 0 Å². The summed E-state index contributed by atoms with van der Waals surface area (Å²) in [6, 6.07) is 1.79. The van der Waals surface area contributed by atoms with Crippen molar-refractivity contribution in [3.05, 3.63) is 35.9 Å². The zero-order valence-electron chi connectivity index (χ0n) is 66.5. The van der Waals surface area contributed by atoms with Crippen LogP contribution < -0.4 is 42.5 Å². The molecule has 3 fully saturated rings. The van der Waals surface area contributed by atoms with Crippen LogP contribution in [0.25, 0.3) is 0 Å². The summed E-state index contributed by atoms with van der Waals surface area (Å²) < 4.78 is 106. The number of benzene rings is 1. The maximum absolute atomic E-state index is 14.0. The maximum atomic E-state index is 14.0. The predicted octanol–water partition coefficient (Wildman–Crippen LogP) is -3.26. The second-order valence-corrected chi connectivity index (χ2v) is 26.0. The SMILES string of the molecule is CC(=O)NC1C(OCCOCCNC(=O)CCC(NC(=O)CCC(NC(=O)OCc2ccccc2)C(=O)NCCOCCOC2OC(COC(C)=O)C(OC(C)=O)C(OC(C)=O)C2NC(C)=O)C(=O)NCCOCCOC2OC(COC(C)=O)C(OC(C)=O)C(OC(C)=O)C2NC(C)=O)OC(COC(C)=O)C(OC(C)=O)C1OC(C)=O. The second kappa shape index (κ2) is 52.3. The van der Waals surface area contributed by atoms with Gasteiger partial charge in [0.05, 0.1) is 59.5 Å². The van der Waals surface area contributed by atoms with E-state index in [1.54, 1.807) is 30.3 Å². The van der Waals surface area contributed by atoms with Crippen LogP contribution in [0, 0.1) is 0 Å². The first-order valence-electron chi connectivity index (χ1n) is 36.9. The number of hydrogen-bond donors (Lipinski definition) is 8. The largest absolute Gasteiger partial charge is 0.463 e. The third-order valence-corrected chi connectivity index (χ3v) is 16.2. The van der Waals surface area contributed by atoms with Crippen molar-refractivity contribution in [3.8, 4) is 0 Å². The molecule has 44 nitrogen and oxygen atoms in total. The Balaban J connectivity index is 1.46. The van der Waals surface area contributed by atoms with Crippen LogP contribution in [-0.2, 0) is 173 Å². The lowest BCUT2D eigenvalue weighted by Gasteiger charge is -2.44. The summed E-state index contributed by atoms with van der Waals surface area (Å²) in [5, 5.41) is 20.6. The summed E-state index contributed by atoms with van der Waals surface area (Å²) in [5.41, 5.74) is 0.596. The topological polar surface area (TPSA) is 562 Å². The van der Waals surface area contributed by atoms with Crippen molar-refractivity contribution < 1.29 is 172 Å². The number of nitrogens with one attached hydrogen (secondary N) is 8. The summed E-state index contributed by atoms with van der Waals surface area (Å²) in [4.78, 5) is 215. The van der Waals surface area contributed by atoms with E-state index in [0.29, 0.717) is 5.56 Å². The Bertz CT molecular complexity index is 3450. The average Bonchev–Trinajstić information content (AvgIpc) is 0.797. The summed E-state index contributed by atoms with van der Waals surface area (Å²) in [7, 11) is 0. The summed E-state index contributed by atoms with van der Waals surface area (Å²) >= 11 is 0. The molecule has 3 aliphatic rings. The lowest BCUT2D eigenvalue weighted by atomic mass is 9.96. The first-order chi connectivity index (χ1) is 55.0. The monoisotopic (exact) mass is 1660 g/mol. The Morgan fingerprint density at radius 3 is 0.974 bits per heavy atom. The third-order valence-electron chi connectivity index (χ3n) is 16.2. The molecule has 17 atom stereocenters. The number of alkyl carbamates (subject to hydrolysis) is 1. The van der Waals surface area contributed by atoms with E-state index in [0.717, 1.165) is 76.2 Å². The van der Waals surface area contributed by atoms with Gasteiger partial charge in [-0.05, 0) is 18.4 Å². The van der Waals surface area contributed by atoms with Crippen LogP contribution in [0.3, 0.4) is 0 Å². The van der Waals surface area contributed by atoms with Crippen LogP contribution in [0.5, 0.6) is 0 Å².